The highest BCUT2D eigenvalue weighted by Gasteiger charge is 2.23. The molecule has 10 rings (SSSR count). The summed E-state index contributed by atoms with van der Waals surface area (Å²) in [6, 6.07) is 60.8. The van der Waals surface area contributed by atoms with Crippen molar-refractivity contribution in [2.24, 2.45) is 0 Å². The molecule has 58 heavy (non-hydrogen) atoms. The normalized spacial score (nSPS) is 11.0. The summed E-state index contributed by atoms with van der Waals surface area (Å²) in [5.74, 6) is 0. The maximum absolute atomic E-state index is 11.4. The van der Waals surface area contributed by atoms with Gasteiger partial charge in [0.2, 0.25) is 0 Å². The molecule has 6 heteroatoms. The van der Waals surface area contributed by atoms with Crippen molar-refractivity contribution in [3.63, 3.8) is 0 Å². The zero-order valence-corrected chi connectivity index (χ0v) is 30.8. The molecule has 266 valence electrons. The third kappa shape index (κ3) is 5.23. The van der Waals surface area contributed by atoms with Gasteiger partial charge >= 0.3 is 0 Å². The van der Waals surface area contributed by atoms with E-state index in [0.717, 1.165) is 77.0 Å². The summed E-state index contributed by atoms with van der Waals surface area (Å²) >= 11 is 0. The Bertz CT molecular complexity index is 3320. The predicted molar refractivity (Wildman–Crippen MR) is 233 cm³/mol. The molecule has 0 fully saturated rings. The molecule has 0 atom stereocenters. The van der Waals surface area contributed by atoms with Crippen LogP contribution in [-0.2, 0) is 0 Å². The Hall–Kier alpha value is -8.68. The van der Waals surface area contributed by atoms with Gasteiger partial charge in [0, 0.05) is 21.5 Å². The Morgan fingerprint density at radius 1 is 0.397 bits per heavy atom. The average molecular weight is 737 g/mol. The predicted octanol–water partition coefficient (Wildman–Crippen LogP) is 13.7. The quantitative estimate of drug-likeness (QED) is 0.165. The summed E-state index contributed by atoms with van der Waals surface area (Å²) in [6.07, 6.45) is 0. The van der Waals surface area contributed by atoms with Crippen LogP contribution in [0.2, 0.25) is 0 Å². The molecule has 0 N–H and O–H groups in total. The van der Waals surface area contributed by atoms with Gasteiger partial charge in [0.15, 0.2) is 11.4 Å². The molecule has 6 nitrogen and oxygen atoms in total. The molecular formula is C52H28N6. The van der Waals surface area contributed by atoms with E-state index in [-0.39, 0.29) is 0 Å². The van der Waals surface area contributed by atoms with Gasteiger partial charge in [-0.25, -0.2) is 9.69 Å². The number of benzene rings is 8. The van der Waals surface area contributed by atoms with E-state index in [1.54, 1.807) is 6.07 Å². The summed E-state index contributed by atoms with van der Waals surface area (Å²) in [7, 11) is 0. The lowest BCUT2D eigenvalue weighted by Crippen LogP contribution is -2.05. The minimum atomic E-state index is 0.462. The minimum Gasteiger partial charge on any atom is -0.308 e. The standard InChI is InChI=1S/C52H28N6/c1-55-45-18-7-3-14-38(45)35-22-24-42-40-16-5-9-20-47(40)57(49(42)27-35)51-29-37(34-13-11-12-33(26-34)31-53)30-52(44(51)32-54)58-48-21-10-6-17-41(48)43-25-23-36(28-50(43)58)39-15-4-8-19-46(39)56-2/h3-30H. The molecule has 0 saturated heterocycles. The lowest BCUT2D eigenvalue weighted by atomic mass is 9.98. The fourth-order valence-electron chi connectivity index (χ4n) is 8.44. The maximum atomic E-state index is 11.4. The number of nitriles is 2. The van der Waals surface area contributed by atoms with Crippen LogP contribution in [0.25, 0.3) is 98.1 Å². The van der Waals surface area contributed by atoms with Gasteiger partial charge in [0.1, 0.15) is 11.6 Å². The molecule has 0 radical (unpaired) electrons. The van der Waals surface area contributed by atoms with Crippen molar-refractivity contribution in [1.82, 2.24) is 9.13 Å². The van der Waals surface area contributed by atoms with Crippen molar-refractivity contribution >= 4 is 55.0 Å². The first kappa shape index (κ1) is 33.9. The molecule has 10 aromatic rings. The number of aromatic nitrogens is 2. The smallest absolute Gasteiger partial charge is 0.194 e. The minimum absolute atomic E-state index is 0.462. The third-order valence-electron chi connectivity index (χ3n) is 11.0. The van der Waals surface area contributed by atoms with Gasteiger partial charge in [-0.1, -0.05) is 121 Å². The van der Waals surface area contributed by atoms with Gasteiger partial charge in [-0.05, 0) is 81.9 Å². The summed E-state index contributed by atoms with van der Waals surface area (Å²) in [5.41, 5.74) is 12.3. The Morgan fingerprint density at radius 2 is 0.879 bits per heavy atom. The number of hydrogen-bond acceptors (Lipinski definition) is 2. The van der Waals surface area contributed by atoms with Crippen molar-refractivity contribution in [3.8, 4) is 56.9 Å². The summed E-state index contributed by atoms with van der Waals surface area (Å²) in [5, 5.41) is 25.5. The van der Waals surface area contributed by atoms with E-state index in [1.165, 1.54) is 0 Å². The number of fused-ring (bicyclic) bond motifs is 6. The first-order valence-corrected chi connectivity index (χ1v) is 18.7. The van der Waals surface area contributed by atoms with Gasteiger partial charge in [0.25, 0.3) is 0 Å². The molecule has 0 amide bonds. The van der Waals surface area contributed by atoms with Crippen LogP contribution in [0, 0.1) is 35.8 Å². The molecule has 0 unspecified atom stereocenters. The first-order valence-electron chi connectivity index (χ1n) is 18.7. The van der Waals surface area contributed by atoms with E-state index in [2.05, 4.69) is 104 Å². The van der Waals surface area contributed by atoms with Crippen LogP contribution in [0.4, 0.5) is 11.4 Å². The molecule has 2 aromatic heterocycles. The molecule has 0 aliphatic carbocycles. The van der Waals surface area contributed by atoms with Crippen LogP contribution < -0.4 is 0 Å². The molecule has 0 aliphatic rings. The van der Waals surface area contributed by atoms with Crippen LogP contribution in [0.3, 0.4) is 0 Å². The van der Waals surface area contributed by atoms with E-state index >= 15 is 0 Å². The Balaban J connectivity index is 1.35. The Labute approximate surface area is 334 Å². The first-order chi connectivity index (χ1) is 28.6. The van der Waals surface area contributed by atoms with Gasteiger partial charge < -0.3 is 9.13 Å². The molecule has 2 heterocycles. The van der Waals surface area contributed by atoms with Crippen LogP contribution in [0.15, 0.2) is 170 Å². The third-order valence-corrected chi connectivity index (χ3v) is 11.0. The van der Waals surface area contributed by atoms with Crippen LogP contribution in [0.5, 0.6) is 0 Å². The largest absolute Gasteiger partial charge is 0.308 e. The second kappa shape index (κ2) is 13.6. The summed E-state index contributed by atoms with van der Waals surface area (Å²) in [6.45, 7) is 15.8. The zero-order valence-electron chi connectivity index (χ0n) is 30.8. The number of rotatable bonds is 5. The van der Waals surface area contributed by atoms with Crippen LogP contribution in [0.1, 0.15) is 11.1 Å². The van der Waals surface area contributed by atoms with E-state index < -0.39 is 0 Å². The van der Waals surface area contributed by atoms with E-state index in [0.29, 0.717) is 33.9 Å². The van der Waals surface area contributed by atoms with Gasteiger partial charge in [-0.2, -0.15) is 10.5 Å². The summed E-state index contributed by atoms with van der Waals surface area (Å²) < 4.78 is 4.33. The fourth-order valence-corrected chi connectivity index (χ4v) is 8.44. The van der Waals surface area contributed by atoms with E-state index in [9.17, 15) is 10.5 Å². The average Bonchev–Trinajstić information content (AvgIpc) is 3.80. The lowest BCUT2D eigenvalue weighted by Gasteiger charge is -2.19. The van der Waals surface area contributed by atoms with E-state index in [1.807, 2.05) is 91.0 Å². The highest BCUT2D eigenvalue weighted by Crippen LogP contribution is 2.43. The molecular weight excluding hydrogens is 709 g/mol. The fraction of sp³-hybridized carbons (Fsp3) is 0. The number of hydrogen-bond donors (Lipinski definition) is 0. The number of nitrogens with zero attached hydrogens (tertiary/aromatic N) is 6. The van der Waals surface area contributed by atoms with Crippen molar-refractivity contribution < 1.29 is 0 Å². The maximum Gasteiger partial charge on any atom is 0.194 e. The highest BCUT2D eigenvalue weighted by molar-refractivity contribution is 6.12. The van der Waals surface area contributed by atoms with Gasteiger partial charge in [0.05, 0.1) is 58.2 Å². The summed E-state index contributed by atoms with van der Waals surface area (Å²) in [4.78, 5) is 7.64. The monoisotopic (exact) mass is 736 g/mol. The molecule has 0 saturated carbocycles. The molecule has 8 aromatic carbocycles. The number of para-hydroxylation sites is 4. The van der Waals surface area contributed by atoms with Crippen molar-refractivity contribution in [1.29, 1.82) is 10.5 Å². The Morgan fingerprint density at radius 3 is 1.38 bits per heavy atom. The van der Waals surface area contributed by atoms with Crippen molar-refractivity contribution in [2.75, 3.05) is 0 Å². The van der Waals surface area contributed by atoms with Crippen LogP contribution in [-0.4, -0.2) is 9.13 Å². The molecule has 0 spiro atoms. The second-order valence-electron chi connectivity index (χ2n) is 14.1. The Kier molecular flexibility index (Phi) is 7.92. The van der Waals surface area contributed by atoms with E-state index in [4.69, 9.17) is 13.1 Å². The highest BCUT2D eigenvalue weighted by atomic mass is 15.0. The molecule has 0 aliphatic heterocycles. The topological polar surface area (TPSA) is 66.2 Å². The SMILES string of the molecule is [C-]#[N+]c1ccccc1-c1ccc2c3ccccc3n(-c3cc(-c4cccc(C#N)c4)cc(-n4c5ccccc5c5ccc(-c6ccccc6[N+]#[C-])cc54)c3C#N)c2c1. The second-order valence-corrected chi connectivity index (χ2v) is 14.1. The molecule has 0 bridgehead atoms. The van der Waals surface area contributed by atoms with Gasteiger partial charge in [-0.3, -0.25) is 0 Å². The van der Waals surface area contributed by atoms with Crippen molar-refractivity contribution in [3.05, 3.63) is 204 Å². The van der Waals surface area contributed by atoms with Gasteiger partial charge in [-0.15, -0.1) is 0 Å². The van der Waals surface area contributed by atoms with Crippen molar-refractivity contribution in [2.45, 2.75) is 0 Å². The lowest BCUT2D eigenvalue weighted by molar-refractivity contribution is 1.12. The van der Waals surface area contributed by atoms with Crippen LogP contribution >= 0.6 is 0 Å². The zero-order chi connectivity index (χ0) is 39.3.